The van der Waals surface area contributed by atoms with Crippen LogP contribution < -0.4 is 5.32 Å². The molecular formula is C12H16FNO2. The number of rotatable bonds is 5. The lowest BCUT2D eigenvalue weighted by Gasteiger charge is -2.14. The van der Waals surface area contributed by atoms with Crippen LogP contribution in [-0.2, 0) is 9.53 Å². The van der Waals surface area contributed by atoms with Crippen molar-refractivity contribution < 1.29 is 13.9 Å². The standard InChI is InChI=1S/C12H16FNO2/c1-3-16-12(15)8-9(2)14-11-6-4-10(13)5-7-11/h4-7,9,14H,3,8H2,1-2H3/t9-/m1/s1. The van der Waals surface area contributed by atoms with Gasteiger partial charge in [0.15, 0.2) is 0 Å². The van der Waals surface area contributed by atoms with Gasteiger partial charge < -0.3 is 10.1 Å². The molecule has 1 N–H and O–H groups in total. The molecule has 0 aromatic heterocycles. The molecular weight excluding hydrogens is 209 g/mol. The highest BCUT2D eigenvalue weighted by molar-refractivity contribution is 5.70. The van der Waals surface area contributed by atoms with Crippen LogP contribution in [0.2, 0.25) is 0 Å². The first-order valence-corrected chi connectivity index (χ1v) is 5.29. The van der Waals surface area contributed by atoms with E-state index in [1.807, 2.05) is 6.92 Å². The zero-order valence-corrected chi connectivity index (χ0v) is 9.50. The summed E-state index contributed by atoms with van der Waals surface area (Å²) >= 11 is 0. The molecule has 1 aromatic carbocycles. The van der Waals surface area contributed by atoms with Gasteiger partial charge >= 0.3 is 5.97 Å². The molecule has 1 aromatic rings. The summed E-state index contributed by atoms with van der Waals surface area (Å²) in [6, 6.07) is 5.98. The van der Waals surface area contributed by atoms with Crippen molar-refractivity contribution in [2.24, 2.45) is 0 Å². The summed E-state index contributed by atoms with van der Waals surface area (Å²) in [5.41, 5.74) is 0.790. The summed E-state index contributed by atoms with van der Waals surface area (Å²) < 4.78 is 17.5. The van der Waals surface area contributed by atoms with Crippen molar-refractivity contribution in [2.75, 3.05) is 11.9 Å². The minimum Gasteiger partial charge on any atom is -0.466 e. The first-order valence-electron chi connectivity index (χ1n) is 5.29. The van der Waals surface area contributed by atoms with E-state index in [1.54, 1.807) is 19.1 Å². The summed E-state index contributed by atoms with van der Waals surface area (Å²) in [7, 11) is 0. The molecule has 3 nitrogen and oxygen atoms in total. The van der Waals surface area contributed by atoms with E-state index in [-0.39, 0.29) is 17.8 Å². The SMILES string of the molecule is CCOC(=O)C[C@@H](C)Nc1ccc(F)cc1. The molecule has 0 saturated heterocycles. The van der Waals surface area contributed by atoms with Gasteiger partial charge in [0.25, 0.3) is 0 Å². The largest absolute Gasteiger partial charge is 0.466 e. The molecule has 0 bridgehead atoms. The average molecular weight is 225 g/mol. The van der Waals surface area contributed by atoms with Crippen molar-refractivity contribution in [1.82, 2.24) is 0 Å². The second kappa shape index (κ2) is 6.10. The maximum absolute atomic E-state index is 12.6. The van der Waals surface area contributed by atoms with E-state index >= 15 is 0 Å². The van der Waals surface area contributed by atoms with Crippen molar-refractivity contribution >= 4 is 11.7 Å². The zero-order chi connectivity index (χ0) is 12.0. The molecule has 0 unspecified atom stereocenters. The minimum atomic E-state index is -0.274. The van der Waals surface area contributed by atoms with Gasteiger partial charge in [0.2, 0.25) is 0 Å². The first kappa shape index (κ1) is 12.5. The fraction of sp³-hybridized carbons (Fsp3) is 0.417. The summed E-state index contributed by atoms with van der Waals surface area (Å²) in [4.78, 5) is 11.2. The maximum atomic E-state index is 12.6. The molecule has 0 radical (unpaired) electrons. The third kappa shape index (κ3) is 4.29. The number of halogens is 1. The number of esters is 1. The quantitative estimate of drug-likeness (QED) is 0.783. The number of ether oxygens (including phenoxy) is 1. The molecule has 0 fully saturated rings. The van der Waals surface area contributed by atoms with E-state index in [0.29, 0.717) is 13.0 Å². The highest BCUT2D eigenvalue weighted by Crippen LogP contribution is 2.11. The Bertz CT molecular complexity index is 337. The van der Waals surface area contributed by atoms with E-state index < -0.39 is 0 Å². The van der Waals surface area contributed by atoms with Crippen molar-refractivity contribution in [2.45, 2.75) is 26.3 Å². The lowest BCUT2D eigenvalue weighted by atomic mass is 10.2. The molecule has 0 aliphatic rings. The van der Waals surface area contributed by atoms with Crippen LogP contribution >= 0.6 is 0 Å². The second-order valence-corrected chi connectivity index (χ2v) is 3.56. The monoisotopic (exact) mass is 225 g/mol. The molecule has 0 aliphatic heterocycles. The summed E-state index contributed by atoms with van der Waals surface area (Å²) in [6.07, 6.45) is 0.297. The van der Waals surface area contributed by atoms with Gasteiger partial charge in [-0.05, 0) is 38.1 Å². The molecule has 0 saturated carbocycles. The molecule has 1 atom stereocenters. The van der Waals surface area contributed by atoms with E-state index in [0.717, 1.165) is 5.69 Å². The number of benzene rings is 1. The van der Waals surface area contributed by atoms with E-state index in [1.165, 1.54) is 12.1 Å². The van der Waals surface area contributed by atoms with Gasteiger partial charge in [0.05, 0.1) is 13.0 Å². The minimum absolute atomic E-state index is 0.0375. The molecule has 0 amide bonds. The first-order chi connectivity index (χ1) is 7.61. The van der Waals surface area contributed by atoms with Crippen LogP contribution in [0.1, 0.15) is 20.3 Å². The summed E-state index contributed by atoms with van der Waals surface area (Å²) in [5, 5.41) is 3.09. The number of anilines is 1. The third-order valence-corrected chi connectivity index (χ3v) is 2.04. The van der Waals surface area contributed by atoms with Crippen LogP contribution in [0.25, 0.3) is 0 Å². The lowest BCUT2D eigenvalue weighted by molar-refractivity contribution is -0.143. The fourth-order valence-corrected chi connectivity index (χ4v) is 1.35. The van der Waals surface area contributed by atoms with Gasteiger partial charge in [-0.1, -0.05) is 0 Å². The van der Waals surface area contributed by atoms with Crippen LogP contribution in [0, 0.1) is 5.82 Å². The average Bonchev–Trinajstić information content (AvgIpc) is 2.21. The number of carbonyl (C=O) groups excluding carboxylic acids is 1. The van der Waals surface area contributed by atoms with Gasteiger partial charge in [-0.3, -0.25) is 4.79 Å². The Morgan fingerprint density at radius 1 is 1.44 bits per heavy atom. The molecule has 0 spiro atoms. The van der Waals surface area contributed by atoms with Crippen LogP contribution in [-0.4, -0.2) is 18.6 Å². The third-order valence-electron chi connectivity index (χ3n) is 2.04. The van der Waals surface area contributed by atoms with Gasteiger partial charge in [-0.15, -0.1) is 0 Å². The van der Waals surface area contributed by atoms with Gasteiger partial charge in [0.1, 0.15) is 5.82 Å². The normalized spacial score (nSPS) is 11.9. The Morgan fingerprint density at radius 3 is 2.62 bits per heavy atom. The topological polar surface area (TPSA) is 38.3 Å². The molecule has 88 valence electrons. The van der Waals surface area contributed by atoms with Gasteiger partial charge in [-0.25, -0.2) is 4.39 Å². The Hall–Kier alpha value is -1.58. The Balaban J connectivity index is 2.42. The van der Waals surface area contributed by atoms with E-state index in [4.69, 9.17) is 4.74 Å². The second-order valence-electron chi connectivity index (χ2n) is 3.56. The predicted octanol–water partition coefficient (Wildman–Crippen LogP) is 2.58. The molecule has 0 aliphatic carbocycles. The fourth-order valence-electron chi connectivity index (χ4n) is 1.35. The Kier molecular flexibility index (Phi) is 4.76. The van der Waals surface area contributed by atoms with E-state index in [9.17, 15) is 9.18 Å². The summed E-state index contributed by atoms with van der Waals surface area (Å²) in [5.74, 6) is -0.506. The van der Waals surface area contributed by atoms with Crippen molar-refractivity contribution in [3.8, 4) is 0 Å². The van der Waals surface area contributed by atoms with Crippen molar-refractivity contribution in [3.63, 3.8) is 0 Å². The predicted molar refractivity (Wildman–Crippen MR) is 60.7 cm³/mol. The molecule has 0 heterocycles. The van der Waals surface area contributed by atoms with Crippen LogP contribution in [0.4, 0.5) is 10.1 Å². The van der Waals surface area contributed by atoms with Crippen LogP contribution in [0.5, 0.6) is 0 Å². The maximum Gasteiger partial charge on any atom is 0.307 e. The van der Waals surface area contributed by atoms with E-state index in [2.05, 4.69) is 5.32 Å². The zero-order valence-electron chi connectivity index (χ0n) is 9.50. The number of nitrogens with one attached hydrogen (secondary N) is 1. The van der Waals surface area contributed by atoms with Crippen LogP contribution in [0.3, 0.4) is 0 Å². The number of hydrogen-bond donors (Lipinski definition) is 1. The number of carbonyl (C=O) groups is 1. The highest BCUT2D eigenvalue weighted by Gasteiger charge is 2.09. The number of hydrogen-bond acceptors (Lipinski definition) is 3. The van der Waals surface area contributed by atoms with Gasteiger partial charge in [0, 0.05) is 11.7 Å². The molecule has 1 rings (SSSR count). The highest BCUT2D eigenvalue weighted by atomic mass is 19.1. The lowest BCUT2D eigenvalue weighted by Crippen LogP contribution is -2.20. The Labute approximate surface area is 94.6 Å². The smallest absolute Gasteiger partial charge is 0.307 e. The van der Waals surface area contributed by atoms with Crippen LogP contribution in [0.15, 0.2) is 24.3 Å². The van der Waals surface area contributed by atoms with Gasteiger partial charge in [-0.2, -0.15) is 0 Å². The summed E-state index contributed by atoms with van der Waals surface area (Å²) in [6.45, 7) is 4.04. The van der Waals surface area contributed by atoms with Crippen molar-refractivity contribution in [1.29, 1.82) is 0 Å². The molecule has 4 heteroatoms. The Morgan fingerprint density at radius 2 is 2.06 bits per heavy atom. The van der Waals surface area contributed by atoms with Crippen molar-refractivity contribution in [3.05, 3.63) is 30.1 Å². The molecule has 16 heavy (non-hydrogen) atoms.